The van der Waals surface area contributed by atoms with Crippen molar-refractivity contribution in [1.29, 1.82) is 5.26 Å². The molecule has 0 saturated heterocycles. The zero-order chi connectivity index (χ0) is 15.8. The van der Waals surface area contributed by atoms with Crippen LogP contribution in [0.5, 0.6) is 0 Å². The molecule has 114 valence electrons. The maximum Gasteiger partial charge on any atom is 0.142 e. The quantitative estimate of drug-likeness (QED) is 0.732. The first-order chi connectivity index (χ1) is 11.3. The summed E-state index contributed by atoms with van der Waals surface area (Å²) in [6, 6.07) is 2.20. The average Bonchev–Trinajstić information content (AvgIpc) is 3.23. The molecule has 3 aromatic heterocycles. The normalized spacial score (nSPS) is 14.0. The molecule has 0 amide bonds. The largest absolute Gasteiger partial charge is 0.345 e. The Balaban J connectivity index is 1.73. The predicted octanol–water partition coefficient (Wildman–Crippen LogP) is 3.92. The molecule has 23 heavy (non-hydrogen) atoms. The maximum absolute atomic E-state index is 9.37. The van der Waals surface area contributed by atoms with Gasteiger partial charge < -0.3 is 5.32 Å². The summed E-state index contributed by atoms with van der Waals surface area (Å²) in [4.78, 5) is 15.6. The highest BCUT2D eigenvalue weighted by atomic mass is 32.1. The van der Waals surface area contributed by atoms with Crippen molar-refractivity contribution in [2.24, 2.45) is 0 Å². The van der Waals surface area contributed by atoms with Gasteiger partial charge in [-0.3, -0.25) is 0 Å². The number of nitriles is 1. The van der Waals surface area contributed by atoms with Crippen molar-refractivity contribution >= 4 is 44.3 Å². The van der Waals surface area contributed by atoms with Gasteiger partial charge in [0.05, 0.1) is 5.39 Å². The molecule has 0 aliphatic heterocycles. The Bertz CT molecular complexity index is 961. The zero-order valence-corrected chi connectivity index (χ0v) is 14.1. The fourth-order valence-corrected chi connectivity index (χ4v) is 4.79. The molecular weight excluding hydrogens is 326 g/mol. The minimum Gasteiger partial charge on any atom is -0.345 e. The molecule has 0 saturated carbocycles. The van der Waals surface area contributed by atoms with E-state index in [9.17, 15) is 5.26 Å². The molecule has 7 heteroatoms. The fraction of sp³-hybridized carbons (Fsp3) is 0.250. The van der Waals surface area contributed by atoms with Crippen molar-refractivity contribution in [3.05, 3.63) is 39.0 Å². The first-order valence-corrected chi connectivity index (χ1v) is 9.00. The summed E-state index contributed by atoms with van der Waals surface area (Å²) >= 11 is 3.22. The van der Waals surface area contributed by atoms with Crippen molar-refractivity contribution in [2.45, 2.75) is 26.2 Å². The van der Waals surface area contributed by atoms with E-state index in [4.69, 9.17) is 0 Å². The molecule has 0 radical (unpaired) electrons. The van der Waals surface area contributed by atoms with E-state index < -0.39 is 0 Å². The molecule has 0 atom stereocenters. The summed E-state index contributed by atoms with van der Waals surface area (Å²) in [6.07, 6.45) is 6.68. The molecule has 4 rings (SSSR count). The monoisotopic (exact) mass is 339 g/mol. The number of nitrogens with one attached hydrogen (secondary N) is 1. The Morgan fingerprint density at radius 2 is 2.30 bits per heavy atom. The van der Waals surface area contributed by atoms with Gasteiger partial charge in [-0.15, -0.1) is 22.7 Å². The second-order valence-electron chi connectivity index (χ2n) is 5.37. The van der Waals surface area contributed by atoms with Crippen LogP contribution in [-0.2, 0) is 12.8 Å². The van der Waals surface area contributed by atoms with Gasteiger partial charge >= 0.3 is 0 Å². The number of rotatable bonds is 3. The Hall–Kier alpha value is -2.30. The molecule has 0 spiro atoms. The van der Waals surface area contributed by atoms with Gasteiger partial charge in [0.1, 0.15) is 33.6 Å². The van der Waals surface area contributed by atoms with Crippen LogP contribution in [0.15, 0.2) is 17.9 Å². The van der Waals surface area contributed by atoms with Crippen LogP contribution in [-0.4, -0.2) is 15.0 Å². The van der Waals surface area contributed by atoms with E-state index in [1.807, 2.05) is 12.3 Å². The van der Waals surface area contributed by atoms with E-state index >= 15 is 0 Å². The molecular formula is C16H13N5S2. The van der Waals surface area contributed by atoms with Crippen LogP contribution < -0.4 is 5.32 Å². The number of allylic oxidation sites excluding steroid dienone is 1. The molecule has 3 heterocycles. The summed E-state index contributed by atoms with van der Waals surface area (Å²) in [7, 11) is 0. The van der Waals surface area contributed by atoms with E-state index in [0.717, 1.165) is 39.6 Å². The van der Waals surface area contributed by atoms with Crippen molar-refractivity contribution in [3.8, 4) is 6.07 Å². The summed E-state index contributed by atoms with van der Waals surface area (Å²) in [5.41, 5.74) is 2.80. The molecule has 3 aromatic rings. The van der Waals surface area contributed by atoms with E-state index in [-0.39, 0.29) is 0 Å². The summed E-state index contributed by atoms with van der Waals surface area (Å²) in [5.74, 6) is 0.774. The molecule has 0 unspecified atom stereocenters. The lowest BCUT2D eigenvalue weighted by Gasteiger charge is -2.03. The van der Waals surface area contributed by atoms with E-state index in [2.05, 4.69) is 26.3 Å². The lowest BCUT2D eigenvalue weighted by atomic mass is 10.2. The second kappa shape index (κ2) is 5.72. The van der Waals surface area contributed by atoms with Gasteiger partial charge in [-0.25, -0.2) is 15.0 Å². The minimum absolute atomic E-state index is 0.515. The number of nitrogens with zero attached hydrogens (tertiary/aromatic N) is 4. The van der Waals surface area contributed by atoms with Crippen LogP contribution in [0.1, 0.15) is 27.6 Å². The summed E-state index contributed by atoms with van der Waals surface area (Å²) in [6.45, 7) is 1.92. The number of fused-ring (bicyclic) bond motifs is 3. The number of hydrogen-bond acceptors (Lipinski definition) is 7. The Labute approximate surface area is 141 Å². The zero-order valence-electron chi connectivity index (χ0n) is 12.5. The highest BCUT2D eigenvalue weighted by Gasteiger charge is 2.21. The lowest BCUT2D eigenvalue weighted by Crippen LogP contribution is -1.96. The Kier molecular flexibility index (Phi) is 3.56. The van der Waals surface area contributed by atoms with Crippen molar-refractivity contribution in [3.63, 3.8) is 0 Å². The van der Waals surface area contributed by atoms with Gasteiger partial charge in [0.25, 0.3) is 0 Å². The second-order valence-corrected chi connectivity index (χ2v) is 7.31. The van der Waals surface area contributed by atoms with Gasteiger partial charge in [0.15, 0.2) is 0 Å². The van der Waals surface area contributed by atoms with E-state index in [0.29, 0.717) is 5.57 Å². The van der Waals surface area contributed by atoms with Crippen LogP contribution in [0, 0.1) is 18.3 Å². The number of hydrogen-bond donors (Lipinski definition) is 1. The highest BCUT2D eigenvalue weighted by Crippen LogP contribution is 2.39. The molecule has 1 N–H and O–H groups in total. The summed E-state index contributed by atoms with van der Waals surface area (Å²) in [5, 5.41) is 16.3. The van der Waals surface area contributed by atoms with Crippen LogP contribution in [0.3, 0.4) is 0 Å². The van der Waals surface area contributed by atoms with Crippen molar-refractivity contribution in [1.82, 2.24) is 15.0 Å². The first kappa shape index (κ1) is 14.3. The van der Waals surface area contributed by atoms with Crippen LogP contribution in [0.4, 0.5) is 5.82 Å². The predicted molar refractivity (Wildman–Crippen MR) is 93.5 cm³/mol. The Morgan fingerprint density at radius 3 is 3.09 bits per heavy atom. The van der Waals surface area contributed by atoms with Crippen LogP contribution in [0.25, 0.3) is 15.8 Å². The lowest BCUT2D eigenvalue weighted by molar-refractivity contribution is 0.917. The molecule has 0 aromatic carbocycles. The number of thiophene rings is 1. The highest BCUT2D eigenvalue weighted by molar-refractivity contribution is 7.19. The average molecular weight is 339 g/mol. The van der Waals surface area contributed by atoms with E-state index in [1.165, 1.54) is 28.2 Å². The number of aromatic nitrogens is 3. The SMILES string of the molecule is Cc1csc(/C(C#N)=C/Nc2ncnc3sc4c(c23)CCC4)n1. The maximum atomic E-state index is 9.37. The third-order valence-corrected chi connectivity index (χ3v) is 6.02. The van der Waals surface area contributed by atoms with Gasteiger partial charge in [0.2, 0.25) is 0 Å². The molecule has 1 aliphatic carbocycles. The van der Waals surface area contributed by atoms with E-state index in [1.54, 1.807) is 23.9 Å². The van der Waals surface area contributed by atoms with Gasteiger partial charge in [-0.1, -0.05) is 0 Å². The van der Waals surface area contributed by atoms with Gasteiger partial charge in [0, 0.05) is 22.2 Å². The third kappa shape index (κ3) is 2.50. The number of aryl methyl sites for hydroxylation is 3. The first-order valence-electron chi connectivity index (χ1n) is 7.31. The fourth-order valence-electron chi connectivity index (χ4n) is 2.80. The van der Waals surface area contributed by atoms with Crippen LogP contribution >= 0.6 is 22.7 Å². The van der Waals surface area contributed by atoms with Crippen molar-refractivity contribution < 1.29 is 0 Å². The third-order valence-electron chi connectivity index (χ3n) is 3.82. The summed E-state index contributed by atoms with van der Waals surface area (Å²) < 4.78 is 0. The topological polar surface area (TPSA) is 74.5 Å². The van der Waals surface area contributed by atoms with Gasteiger partial charge in [-0.2, -0.15) is 5.26 Å². The van der Waals surface area contributed by atoms with Gasteiger partial charge in [-0.05, 0) is 31.7 Å². The molecule has 1 aliphatic rings. The molecule has 5 nitrogen and oxygen atoms in total. The Morgan fingerprint density at radius 1 is 1.39 bits per heavy atom. The molecule has 0 bridgehead atoms. The van der Waals surface area contributed by atoms with Crippen LogP contribution in [0.2, 0.25) is 0 Å². The number of thiazole rings is 1. The minimum atomic E-state index is 0.515. The molecule has 0 fully saturated rings. The standard InChI is InChI=1S/C16H13N5S2/c1-9-7-22-15(21-9)10(5-17)6-18-14-13-11-3-2-4-12(11)23-16(13)20-8-19-14/h6-8H,2-4H2,1H3,(H,18,19,20)/b10-6+. The number of anilines is 1. The smallest absolute Gasteiger partial charge is 0.142 e. The van der Waals surface area contributed by atoms with Crippen molar-refractivity contribution in [2.75, 3.05) is 5.32 Å².